The van der Waals surface area contributed by atoms with E-state index in [-0.39, 0.29) is 0 Å². The molecule has 0 heterocycles. The lowest BCUT2D eigenvalue weighted by molar-refractivity contribution is 0.558. The molecule has 1 nitrogen and oxygen atoms in total. The van der Waals surface area contributed by atoms with E-state index in [0.29, 0.717) is 0 Å². The molecule has 0 N–H and O–H groups in total. The summed E-state index contributed by atoms with van der Waals surface area (Å²) in [5, 5.41) is 2.51. The predicted octanol–water partition coefficient (Wildman–Crippen LogP) is 4.05. The Morgan fingerprint density at radius 2 is 1.53 bits per heavy atom. The molecule has 2 rings (SSSR count). The molecule has 0 spiro atoms. The van der Waals surface area contributed by atoms with Crippen LogP contribution in [0.25, 0.3) is 10.8 Å². The Kier molecular flexibility index (Phi) is 2.53. The highest BCUT2D eigenvalue weighted by atomic mass is 28.4. The summed E-state index contributed by atoms with van der Waals surface area (Å²) in [6.45, 7) is 6.59. The summed E-state index contributed by atoms with van der Waals surface area (Å²) in [5.74, 6) is 0.993. The van der Waals surface area contributed by atoms with Crippen LogP contribution in [0.5, 0.6) is 5.75 Å². The highest BCUT2D eigenvalue weighted by Gasteiger charge is 2.15. The fourth-order valence-electron chi connectivity index (χ4n) is 1.58. The minimum atomic E-state index is -1.49. The molecule has 78 valence electrons. The van der Waals surface area contributed by atoms with Gasteiger partial charge in [-0.3, -0.25) is 0 Å². The molecule has 2 aromatic rings. The van der Waals surface area contributed by atoms with Gasteiger partial charge in [-0.25, -0.2) is 0 Å². The maximum atomic E-state index is 5.95. The highest BCUT2D eigenvalue weighted by molar-refractivity contribution is 6.70. The molecule has 15 heavy (non-hydrogen) atoms. The SMILES string of the molecule is C[Si](C)(C)Oc1ccc2ccccc2c1. The normalized spacial score (nSPS) is 11.7. The zero-order chi connectivity index (χ0) is 10.9. The number of benzene rings is 2. The van der Waals surface area contributed by atoms with Gasteiger partial charge < -0.3 is 4.43 Å². The Morgan fingerprint density at radius 3 is 2.20 bits per heavy atom. The summed E-state index contributed by atoms with van der Waals surface area (Å²) in [6.07, 6.45) is 0. The lowest BCUT2D eigenvalue weighted by Crippen LogP contribution is -2.29. The smallest absolute Gasteiger partial charge is 0.242 e. The molecule has 0 saturated heterocycles. The van der Waals surface area contributed by atoms with Gasteiger partial charge in [0.25, 0.3) is 0 Å². The first-order valence-corrected chi connectivity index (χ1v) is 8.63. The number of hydrogen-bond acceptors (Lipinski definition) is 1. The molecule has 0 amide bonds. The Bertz CT molecular complexity index is 471. The first-order chi connectivity index (χ1) is 7.04. The van der Waals surface area contributed by atoms with Gasteiger partial charge in [0.2, 0.25) is 8.32 Å². The van der Waals surface area contributed by atoms with Crippen LogP contribution in [0.1, 0.15) is 0 Å². The van der Waals surface area contributed by atoms with Crippen LogP contribution in [0.3, 0.4) is 0 Å². The van der Waals surface area contributed by atoms with Crippen LogP contribution in [0, 0.1) is 0 Å². The van der Waals surface area contributed by atoms with Crippen molar-refractivity contribution in [2.24, 2.45) is 0 Å². The Balaban J connectivity index is 2.39. The maximum absolute atomic E-state index is 5.95. The van der Waals surface area contributed by atoms with Crippen molar-refractivity contribution in [3.63, 3.8) is 0 Å². The van der Waals surface area contributed by atoms with Crippen molar-refractivity contribution in [3.05, 3.63) is 42.5 Å². The predicted molar refractivity (Wildman–Crippen MR) is 67.9 cm³/mol. The molecule has 0 fully saturated rings. The topological polar surface area (TPSA) is 9.23 Å². The van der Waals surface area contributed by atoms with E-state index >= 15 is 0 Å². The fraction of sp³-hybridized carbons (Fsp3) is 0.231. The fourth-order valence-corrected chi connectivity index (χ4v) is 2.42. The van der Waals surface area contributed by atoms with E-state index in [1.165, 1.54) is 10.8 Å². The first kappa shape index (κ1) is 10.2. The van der Waals surface area contributed by atoms with Gasteiger partial charge in [0.1, 0.15) is 5.75 Å². The standard InChI is InChI=1S/C13H16OSi/c1-15(2,3)14-13-9-8-11-6-4-5-7-12(11)10-13/h4-10H,1-3H3. The van der Waals surface area contributed by atoms with E-state index in [1.54, 1.807) is 0 Å². The number of rotatable bonds is 2. The van der Waals surface area contributed by atoms with Crippen molar-refractivity contribution < 1.29 is 4.43 Å². The van der Waals surface area contributed by atoms with Crippen molar-refractivity contribution >= 4 is 19.1 Å². The van der Waals surface area contributed by atoms with Gasteiger partial charge in [0, 0.05) is 0 Å². The summed E-state index contributed by atoms with van der Waals surface area (Å²) < 4.78 is 5.95. The van der Waals surface area contributed by atoms with E-state index in [0.717, 1.165) is 5.75 Å². The monoisotopic (exact) mass is 216 g/mol. The molecule has 0 saturated carbocycles. The van der Waals surface area contributed by atoms with Crippen molar-refractivity contribution in [3.8, 4) is 5.75 Å². The average Bonchev–Trinajstić information content (AvgIpc) is 2.15. The van der Waals surface area contributed by atoms with Crippen molar-refractivity contribution in [1.29, 1.82) is 0 Å². The average molecular weight is 216 g/mol. The van der Waals surface area contributed by atoms with Crippen LogP contribution in [-0.4, -0.2) is 8.32 Å². The summed E-state index contributed by atoms with van der Waals surface area (Å²) in [5.41, 5.74) is 0. The molecule has 2 heteroatoms. The Labute approximate surface area is 91.8 Å². The summed E-state index contributed by atoms with van der Waals surface area (Å²) in [7, 11) is -1.49. The third kappa shape index (κ3) is 2.60. The number of hydrogen-bond donors (Lipinski definition) is 0. The number of fused-ring (bicyclic) bond motifs is 1. The minimum Gasteiger partial charge on any atom is -0.544 e. The quantitative estimate of drug-likeness (QED) is 0.688. The van der Waals surface area contributed by atoms with Crippen LogP contribution in [-0.2, 0) is 0 Å². The van der Waals surface area contributed by atoms with Gasteiger partial charge in [-0.2, -0.15) is 0 Å². The zero-order valence-corrected chi connectivity index (χ0v) is 10.4. The van der Waals surface area contributed by atoms with Crippen LogP contribution < -0.4 is 4.43 Å². The third-order valence-electron chi connectivity index (χ3n) is 2.14. The lowest BCUT2D eigenvalue weighted by atomic mass is 10.1. The van der Waals surface area contributed by atoms with Crippen LogP contribution >= 0.6 is 0 Å². The Morgan fingerprint density at radius 1 is 0.867 bits per heavy atom. The highest BCUT2D eigenvalue weighted by Crippen LogP contribution is 2.22. The molecule has 0 aliphatic carbocycles. The van der Waals surface area contributed by atoms with Crippen LogP contribution in [0.4, 0.5) is 0 Å². The first-order valence-electron chi connectivity index (χ1n) is 5.22. The molecule has 0 unspecified atom stereocenters. The molecule has 2 aromatic carbocycles. The molecule has 0 bridgehead atoms. The second-order valence-electron chi connectivity index (χ2n) is 4.72. The van der Waals surface area contributed by atoms with Crippen molar-refractivity contribution in [1.82, 2.24) is 0 Å². The van der Waals surface area contributed by atoms with E-state index in [9.17, 15) is 0 Å². The van der Waals surface area contributed by atoms with Crippen molar-refractivity contribution in [2.45, 2.75) is 19.6 Å². The van der Waals surface area contributed by atoms with Gasteiger partial charge in [-0.05, 0) is 42.5 Å². The second-order valence-corrected chi connectivity index (χ2v) is 9.15. The van der Waals surface area contributed by atoms with Gasteiger partial charge in [0.05, 0.1) is 0 Å². The third-order valence-corrected chi connectivity index (χ3v) is 2.99. The second kappa shape index (κ2) is 3.70. The van der Waals surface area contributed by atoms with Gasteiger partial charge in [-0.15, -0.1) is 0 Å². The van der Waals surface area contributed by atoms with Gasteiger partial charge in [0.15, 0.2) is 0 Å². The molecule has 0 radical (unpaired) electrons. The van der Waals surface area contributed by atoms with Gasteiger partial charge >= 0.3 is 0 Å². The largest absolute Gasteiger partial charge is 0.544 e. The minimum absolute atomic E-state index is 0.993. The van der Waals surface area contributed by atoms with Crippen molar-refractivity contribution in [2.75, 3.05) is 0 Å². The van der Waals surface area contributed by atoms with Gasteiger partial charge in [-0.1, -0.05) is 30.3 Å². The molecule has 0 atom stereocenters. The maximum Gasteiger partial charge on any atom is 0.242 e. The van der Waals surface area contributed by atoms with E-state index in [4.69, 9.17) is 4.43 Å². The molecular formula is C13H16OSi. The van der Waals surface area contributed by atoms with E-state index in [2.05, 4.69) is 62.1 Å². The zero-order valence-electron chi connectivity index (χ0n) is 9.45. The Hall–Kier alpha value is -1.28. The molecule has 0 aliphatic rings. The summed E-state index contributed by atoms with van der Waals surface area (Å²) >= 11 is 0. The van der Waals surface area contributed by atoms with E-state index < -0.39 is 8.32 Å². The molecular weight excluding hydrogens is 200 g/mol. The lowest BCUT2D eigenvalue weighted by Gasteiger charge is -2.19. The van der Waals surface area contributed by atoms with E-state index in [1.807, 2.05) is 0 Å². The van der Waals surface area contributed by atoms with Crippen LogP contribution in [0.2, 0.25) is 19.6 Å². The molecule has 0 aromatic heterocycles. The summed E-state index contributed by atoms with van der Waals surface area (Å²) in [6, 6.07) is 14.6. The van der Waals surface area contributed by atoms with Crippen LogP contribution in [0.15, 0.2) is 42.5 Å². The molecule has 0 aliphatic heterocycles. The summed E-state index contributed by atoms with van der Waals surface area (Å²) in [4.78, 5) is 0.